The van der Waals surface area contributed by atoms with Crippen molar-refractivity contribution in [3.63, 3.8) is 0 Å². The van der Waals surface area contributed by atoms with Gasteiger partial charge in [-0.3, -0.25) is 4.79 Å². The van der Waals surface area contributed by atoms with Gasteiger partial charge in [-0.15, -0.1) is 0 Å². The molecule has 2 aliphatic rings. The van der Waals surface area contributed by atoms with Gasteiger partial charge >= 0.3 is 0 Å². The van der Waals surface area contributed by atoms with Gasteiger partial charge in [-0.25, -0.2) is 0 Å². The van der Waals surface area contributed by atoms with Crippen LogP contribution in [0.2, 0.25) is 0 Å². The van der Waals surface area contributed by atoms with E-state index in [-0.39, 0.29) is 48.4 Å². The van der Waals surface area contributed by atoms with Crippen molar-refractivity contribution in [3.05, 3.63) is 40.1 Å². The topological polar surface area (TPSA) is 77.8 Å². The van der Waals surface area contributed by atoms with Crippen molar-refractivity contribution in [2.24, 2.45) is 23.7 Å². The first-order valence-corrected chi connectivity index (χ1v) is 9.78. The third-order valence-corrected chi connectivity index (χ3v) is 6.38. The largest absolute Gasteiger partial charge is 0.511 e. The smallest absolute Gasteiger partial charge is 0.170 e. The molecule has 26 heavy (non-hydrogen) atoms. The predicted molar refractivity (Wildman–Crippen MR) is 102 cm³/mol. The number of aliphatic hydroxyl groups excluding tert-OH is 3. The summed E-state index contributed by atoms with van der Waals surface area (Å²) < 4.78 is 0. The number of ketones is 1. The summed E-state index contributed by atoms with van der Waals surface area (Å²) in [6.45, 7) is 6.07. The first-order valence-electron chi connectivity index (χ1n) is 9.78. The molecule has 142 valence electrons. The number of fused-ring (bicyclic) bond motifs is 1. The molecule has 0 saturated heterocycles. The van der Waals surface area contributed by atoms with Crippen molar-refractivity contribution in [2.45, 2.75) is 46.5 Å². The lowest BCUT2D eigenvalue weighted by Gasteiger charge is -2.21. The Labute approximate surface area is 155 Å². The van der Waals surface area contributed by atoms with E-state index in [0.29, 0.717) is 18.4 Å². The van der Waals surface area contributed by atoms with Crippen LogP contribution in [0.5, 0.6) is 0 Å². The maximum atomic E-state index is 13.2. The number of Topliss-reactive ketones (excluding diaryl/α,β-unsaturated/α-hetero) is 1. The van der Waals surface area contributed by atoms with E-state index in [9.17, 15) is 20.1 Å². The number of allylic oxidation sites excluding steroid dienone is 2. The number of hydrogen-bond donors (Lipinski definition) is 3. The summed E-state index contributed by atoms with van der Waals surface area (Å²) in [5.41, 5.74) is 4.89. The summed E-state index contributed by atoms with van der Waals surface area (Å²) in [6, 6.07) is 4.24. The van der Waals surface area contributed by atoms with E-state index >= 15 is 0 Å². The van der Waals surface area contributed by atoms with Crippen LogP contribution in [0.15, 0.2) is 17.9 Å². The molecule has 3 rings (SSSR count). The third kappa shape index (κ3) is 2.99. The van der Waals surface area contributed by atoms with Crippen LogP contribution in [0.4, 0.5) is 0 Å². The molecule has 0 radical (unpaired) electrons. The third-order valence-electron chi connectivity index (χ3n) is 6.38. The molecule has 0 amide bonds. The van der Waals surface area contributed by atoms with Gasteiger partial charge in [0, 0.05) is 31.0 Å². The number of rotatable bonds is 6. The normalized spacial score (nSPS) is 25.5. The van der Waals surface area contributed by atoms with Gasteiger partial charge in [0.05, 0.1) is 5.57 Å². The zero-order valence-corrected chi connectivity index (χ0v) is 16.0. The Bertz CT molecular complexity index is 705. The molecule has 1 aromatic rings. The molecule has 2 aliphatic carbocycles. The van der Waals surface area contributed by atoms with Crippen LogP contribution in [0, 0.1) is 30.6 Å². The number of aliphatic hydroxyl groups is 3. The number of hydrogen-bond acceptors (Lipinski definition) is 4. The first-order chi connectivity index (χ1) is 12.5. The summed E-state index contributed by atoms with van der Waals surface area (Å²) in [6.07, 6.45) is 2.94. The number of aryl methyl sites for hydroxylation is 3. The molecule has 1 aromatic carbocycles. The number of carbonyl (C=O) groups excluding carboxylic acids is 1. The molecule has 0 aliphatic heterocycles. The van der Waals surface area contributed by atoms with Gasteiger partial charge in [-0.05, 0) is 55.2 Å². The minimum absolute atomic E-state index is 0.0397. The van der Waals surface area contributed by atoms with Gasteiger partial charge in [0.2, 0.25) is 0 Å². The molecular weight excluding hydrogens is 328 g/mol. The van der Waals surface area contributed by atoms with Crippen LogP contribution in [0.1, 0.15) is 48.9 Å². The first kappa shape index (κ1) is 19.1. The van der Waals surface area contributed by atoms with Crippen molar-refractivity contribution >= 4 is 11.4 Å². The average molecular weight is 358 g/mol. The van der Waals surface area contributed by atoms with Crippen LogP contribution >= 0.6 is 0 Å². The molecule has 3 N–H and O–H groups in total. The quantitative estimate of drug-likeness (QED) is 0.730. The van der Waals surface area contributed by atoms with E-state index in [1.54, 1.807) is 0 Å². The molecular formula is C22H30O4. The highest BCUT2D eigenvalue weighted by molar-refractivity contribution is 6.25. The molecule has 3 unspecified atom stereocenters. The van der Waals surface area contributed by atoms with Crippen LogP contribution in [0.25, 0.3) is 5.57 Å². The van der Waals surface area contributed by atoms with E-state index in [1.165, 1.54) is 5.56 Å². The molecule has 0 spiro atoms. The van der Waals surface area contributed by atoms with Gasteiger partial charge in [-0.2, -0.15) is 0 Å². The van der Waals surface area contributed by atoms with E-state index in [1.807, 2.05) is 0 Å². The monoisotopic (exact) mass is 358 g/mol. The maximum Gasteiger partial charge on any atom is 0.170 e. The highest BCUT2D eigenvalue weighted by Gasteiger charge is 2.50. The summed E-state index contributed by atoms with van der Waals surface area (Å²) in [7, 11) is 0. The van der Waals surface area contributed by atoms with Crippen LogP contribution in [-0.4, -0.2) is 34.3 Å². The van der Waals surface area contributed by atoms with Crippen molar-refractivity contribution in [1.29, 1.82) is 0 Å². The molecule has 0 bridgehead atoms. The number of carbonyl (C=O) groups is 1. The summed E-state index contributed by atoms with van der Waals surface area (Å²) in [5, 5.41) is 29.9. The molecule has 3 atom stereocenters. The zero-order valence-electron chi connectivity index (χ0n) is 16.0. The van der Waals surface area contributed by atoms with E-state index in [0.717, 1.165) is 29.5 Å². The van der Waals surface area contributed by atoms with E-state index in [2.05, 4.69) is 32.9 Å². The molecule has 4 nitrogen and oxygen atoms in total. The molecule has 1 fully saturated rings. The standard InChI is InChI=1S/C22H30O4/c1-4-13-6-12(3)7-14(5-2)19(13)20-21(25)17-8-15(16(10-23)11-24)9-18(17)22(20)26/h6-7,15-18,23-25H,4-5,8-11H2,1-3H3. The Kier molecular flexibility index (Phi) is 5.54. The fourth-order valence-electron chi connectivity index (χ4n) is 4.98. The minimum atomic E-state index is -0.216. The zero-order chi connectivity index (χ0) is 19.0. The van der Waals surface area contributed by atoms with E-state index in [4.69, 9.17) is 0 Å². The minimum Gasteiger partial charge on any atom is -0.511 e. The molecule has 0 heterocycles. The molecule has 4 heteroatoms. The van der Waals surface area contributed by atoms with Crippen molar-refractivity contribution in [1.82, 2.24) is 0 Å². The highest BCUT2D eigenvalue weighted by atomic mass is 16.3. The second-order valence-electron chi connectivity index (χ2n) is 7.86. The van der Waals surface area contributed by atoms with E-state index < -0.39 is 0 Å². The lowest BCUT2D eigenvalue weighted by Crippen LogP contribution is -2.21. The van der Waals surface area contributed by atoms with Crippen LogP contribution < -0.4 is 0 Å². The Morgan fingerprint density at radius 2 is 1.58 bits per heavy atom. The van der Waals surface area contributed by atoms with Gasteiger partial charge in [0.15, 0.2) is 5.78 Å². The second-order valence-corrected chi connectivity index (χ2v) is 7.86. The molecule has 1 saturated carbocycles. The second kappa shape index (κ2) is 7.53. The maximum absolute atomic E-state index is 13.2. The highest BCUT2D eigenvalue weighted by Crippen LogP contribution is 2.52. The Morgan fingerprint density at radius 1 is 1.04 bits per heavy atom. The fourth-order valence-corrected chi connectivity index (χ4v) is 4.98. The lowest BCUT2D eigenvalue weighted by molar-refractivity contribution is -0.117. The Morgan fingerprint density at radius 3 is 2.04 bits per heavy atom. The molecule has 0 aromatic heterocycles. The summed E-state index contributed by atoms with van der Waals surface area (Å²) >= 11 is 0. The SMILES string of the molecule is CCc1cc(C)cc(CC)c1C1=C(O)C2CC(C(CO)CO)CC2C1=O. The summed E-state index contributed by atoms with van der Waals surface area (Å²) in [4.78, 5) is 13.2. The predicted octanol–water partition coefficient (Wildman–Crippen LogP) is 3.21. The van der Waals surface area contributed by atoms with Gasteiger partial charge in [0.1, 0.15) is 5.76 Å². The van der Waals surface area contributed by atoms with Crippen LogP contribution in [0.3, 0.4) is 0 Å². The van der Waals surface area contributed by atoms with Crippen molar-refractivity contribution in [2.75, 3.05) is 13.2 Å². The Balaban J connectivity index is 2.03. The number of benzene rings is 1. The lowest BCUT2D eigenvalue weighted by atomic mass is 9.85. The summed E-state index contributed by atoms with van der Waals surface area (Å²) in [5.74, 6) is -0.239. The van der Waals surface area contributed by atoms with Gasteiger partial charge < -0.3 is 15.3 Å². The van der Waals surface area contributed by atoms with Crippen molar-refractivity contribution in [3.8, 4) is 0 Å². The van der Waals surface area contributed by atoms with Crippen LogP contribution in [-0.2, 0) is 17.6 Å². The average Bonchev–Trinajstić information content (AvgIpc) is 3.16. The fraction of sp³-hybridized carbons (Fsp3) is 0.591. The van der Waals surface area contributed by atoms with Gasteiger partial charge in [0.25, 0.3) is 0 Å². The Hall–Kier alpha value is -1.65. The van der Waals surface area contributed by atoms with Crippen molar-refractivity contribution < 1.29 is 20.1 Å². The van der Waals surface area contributed by atoms with Gasteiger partial charge in [-0.1, -0.05) is 31.5 Å².